The average molecular weight is 323 g/mol. The molecule has 0 bridgehead atoms. The molecule has 0 radical (unpaired) electrons. The van der Waals surface area contributed by atoms with Crippen LogP contribution in [0, 0.1) is 0 Å². The lowest BCUT2D eigenvalue weighted by Crippen LogP contribution is -2.38. The van der Waals surface area contributed by atoms with Crippen LogP contribution in [0.5, 0.6) is 0 Å². The van der Waals surface area contributed by atoms with E-state index >= 15 is 0 Å². The summed E-state index contributed by atoms with van der Waals surface area (Å²) in [6.45, 7) is -0.874. The Labute approximate surface area is 120 Å². The molecular formula is C12H15F2NO5S. The van der Waals surface area contributed by atoms with Crippen molar-refractivity contribution in [2.45, 2.75) is 17.7 Å². The fourth-order valence-electron chi connectivity index (χ4n) is 1.32. The normalized spacial score (nSPS) is 12.2. The standard InChI is InChI=1S/C12H15F2NO5S/c1-2-20-11(17)9-3-5-10(6-4-9)21(18,19)15-7-12(13,14)8-16/h3-6,15-16H,2,7-8H2,1H3. The number of hydrogen-bond acceptors (Lipinski definition) is 5. The third-order valence-electron chi connectivity index (χ3n) is 2.43. The van der Waals surface area contributed by atoms with Crippen molar-refractivity contribution in [2.75, 3.05) is 19.8 Å². The van der Waals surface area contributed by atoms with Gasteiger partial charge in [0.05, 0.1) is 23.6 Å². The van der Waals surface area contributed by atoms with E-state index in [1.54, 1.807) is 11.6 Å². The lowest BCUT2D eigenvalue weighted by atomic mass is 10.2. The van der Waals surface area contributed by atoms with Crippen LogP contribution in [0.4, 0.5) is 8.78 Å². The van der Waals surface area contributed by atoms with Gasteiger partial charge in [-0.25, -0.2) is 26.7 Å². The zero-order chi connectivity index (χ0) is 16.1. The number of carbonyl (C=O) groups is 1. The van der Waals surface area contributed by atoms with Crippen molar-refractivity contribution in [3.63, 3.8) is 0 Å². The molecule has 0 saturated carbocycles. The van der Waals surface area contributed by atoms with Crippen LogP contribution in [0.1, 0.15) is 17.3 Å². The van der Waals surface area contributed by atoms with Crippen molar-refractivity contribution in [3.05, 3.63) is 29.8 Å². The number of aliphatic hydroxyl groups is 1. The number of hydrogen-bond donors (Lipinski definition) is 2. The molecule has 0 spiro atoms. The highest BCUT2D eigenvalue weighted by Gasteiger charge is 2.30. The van der Waals surface area contributed by atoms with E-state index in [1.165, 1.54) is 12.1 Å². The molecule has 0 amide bonds. The number of aliphatic hydroxyl groups excluding tert-OH is 1. The molecule has 1 rings (SSSR count). The smallest absolute Gasteiger partial charge is 0.338 e. The summed E-state index contributed by atoms with van der Waals surface area (Å²) in [7, 11) is -4.15. The number of alkyl halides is 2. The van der Waals surface area contributed by atoms with E-state index in [0.29, 0.717) is 0 Å². The summed E-state index contributed by atoms with van der Waals surface area (Å²) in [5.74, 6) is -4.15. The second kappa shape index (κ2) is 6.92. The first-order chi connectivity index (χ1) is 9.72. The SMILES string of the molecule is CCOC(=O)c1ccc(S(=O)(=O)NCC(F)(F)CO)cc1. The van der Waals surface area contributed by atoms with Gasteiger partial charge in [0, 0.05) is 0 Å². The van der Waals surface area contributed by atoms with E-state index in [2.05, 4.69) is 0 Å². The predicted molar refractivity (Wildman–Crippen MR) is 69.6 cm³/mol. The quantitative estimate of drug-likeness (QED) is 0.723. The lowest BCUT2D eigenvalue weighted by Gasteiger charge is -2.14. The Morgan fingerprint density at radius 1 is 1.33 bits per heavy atom. The van der Waals surface area contributed by atoms with Crippen LogP contribution in [0.2, 0.25) is 0 Å². The molecule has 6 nitrogen and oxygen atoms in total. The van der Waals surface area contributed by atoms with Gasteiger partial charge in [-0.15, -0.1) is 0 Å². The third-order valence-corrected chi connectivity index (χ3v) is 3.85. The van der Waals surface area contributed by atoms with Crippen LogP contribution in [0.3, 0.4) is 0 Å². The van der Waals surface area contributed by atoms with Crippen molar-refractivity contribution in [3.8, 4) is 0 Å². The summed E-state index contributed by atoms with van der Waals surface area (Å²) in [5, 5.41) is 8.37. The minimum Gasteiger partial charge on any atom is -0.462 e. The van der Waals surface area contributed by atoms with Gasteiger partial charge in [-0.1, -0.05) is 0 Å². The van der Waals surface area contributed by atoms with Crippen LogP contribution < -0.4 is 4.72 Å². The van der Waals surface area contributed by atoms with Crippen molar-refractivity contribution in [1.29, 1.82) is 0 Å². The van der Waals surface area contributed by atoms with Crippen molar-refractivity contribution < 1.29 is 31.8 Å². The first-order valence-corrected chi connectivity index (χ1v) is 7.45. The average Bonchev–Trinajstić information content (AvgIpc) is 2.46. The summed E-state index contributed by atoms with van der Waals surface area (Å²) in [5.41, 5.74) is 0.150. The molecule has 0 aliphatic heterocycles. The zero-order valence-electron chi connectivity index (χ0n) is 11.2. The Hall–Kier alpha value is -1.58. The zero-order valence-corrected chi connectivity index (χ0v) is 12.0. The maximum atomic E-state index is 12.8. The second-order valence-corrected chi connectivity index (χ2v) is 5.85. The Morgan fingerprint density at radius 3 is 2.38 bits per heavy atom. The highest BCUT2D eigenvalue weighted by Crippen LogP contribution is 2.14. The monoisotopic (exact) mass is 323 g/mol. The molecule has 0 atom stereocenters. The number of ether oxygens (including phenoxy) is 1. The third kappa shape index (κ3) is 5.03. The van der Waals surface area contributed by atoms with Crippen LogP contribution >= 0.6 is 0 Å². The molecule has 9 heteroatoms. The Bertz CT molecular complexity index is 586. The molecule has 0 aliphatic rings. The number of benzene rings is 1. The molecule has 0 aromatic heterocycles. The van der Waals surface area contributed by atoms with E-state index in [1.807, 2.05) is 0 Å². The van der Waals surface area contributed by atoms with Gasteiger partial charge in [-0.05, 0) is 31.2 Å². The molecule has 0 unspecified atom stereocenters. The number of sulfonamides is 1. The Balaban J connectivity index is 2.83. The predicted octanol–water partition coefficient (Wildman–Crippen LogP) is 0.769. The van der Waals surface area contributed by atoms with Gasteiger partial charge >= 0.3 is 5.97 Å². The lowest BCUT2D eigenvalue weighted by molar-refractivity contribution is -0.0437. The van der Waals surface area contributed by atoms with Gasteiger partial charge in [0.2, 0.25) is 10.0 Å². The Morgan fingerprint density at radius 2 is 1.90 bits per heavy atom. The fourth-order valence-corrected chi connectivity index (χ4v) is 2.39. The highest BCUT2D eigenvalue weighted by atomic mass is 32.2. The minimum absolute atomic E-state index is 0.150. The molecule has 0 saturated heterocycles. The molecule has 118 valence electrons. The topological polar surface area (TPSA) is 92.7 Å². The summed E-state index contributed by atoms with van der Waals surface area (Å²) in [6, 6.07) is 4.64. The number of carbonyl (C=O) groups excluding carboxylic acids is 1. The van der Waals surface area contributed by atoms with E-state index in [0.717, 1.165) is 12.1 Å². The maximum Gasteiger partial charge on any atom is 0.338 e. The molecule has 1 aromatic rings. The van der Waals surface area contributed by atoms with E-state index in [-0.39, 0.29) is 17.1 Å². The van der Waals surface area contributed by atoms with E-state index < -0.39 is 35.1 Å². The van der Waals surface area contributed by atoms with Gasteiger partial charge in [0.25, 0.3) is 5.92 Å². The Kier molecular flexibility index (Phi) is 5.76. The van der Waals surface area contributed by atoms with Crippen LogP contribution in [-0.2, 0) is 14.8 Å². The van der Waals surface area contributed by atoms with Crippen molar-refractivity contribution in [1.82, 2.24) is 4.72 Å². The van der Waals surface area contributed by atoms with Gasteiger partial charge in [-0.2, -0.15) is 0 Å². The van der Waals surface area contributed by atoms with Crippen molar-refractivity contribution >= 4 is 16.0 Å². The van der Waals surface area contributed by atoms with Gasteiger partial charge in [0.15, 0.2) is 0 Å². The first kappa shape index (κ1) is 17.5. The summed E-state index contributed by atoms with van der Waals surface area (Å²) < 4.78 is 55.6. The van der Waals surface area contributed by atoms with E-state index in [9.17, 15) is 22.0 Å². The van der Waals surface area contributed by atoms with Crippen LogP contribution in [-0.4, -0.2) is 45.2 Å². The van der Waals surface area contributed by atoms with Crippen LogP contribution in [0.25, 0.3) is 0 Å². The molecule has 2 N–H and O–H groups in total. The summed E-state index contributed by atoms with van der Waals surface area (Å²) in [6.07, 6.45) is 0. The van der Waals surface area contributed by atoms with E-state index in [4.69, 9.17) is 9.84 Å². The molecular weight excluding hydrogens is 308 g/mol. The minimum atomic E-state index is -4.15. The molecule has 0 heterocycles. The van der Waals surface area contributed by atoms with Crippen molar-refractivity contribution in [2.24, 2.45) is 0 Å². The molecule has 0 aliphatic carbocycles. The highest BCUT2D eigenvalue weighted by molar-refractivity contribution is 7.89. The number of esters is 1. The molecule has 21 heavy (non-hydrogen) atoms. The number of rotatable bonds is 7. The van der Waals surface area contributed by atoms with Gasteiger partial charge in [-0.3, -0.25) is 0 Å². The summed E-state index contributed by atoms with van der Waals surface area (Å²) >= 11 is 0. The fraction of sp³-hybridized carbons (Fsp3) is 0.417. The van der Waals surface area contributed by atoms with Gasteiger partial charge in [0.1, 0.15) is 6.61 Å². The number of nitrogens with one attached hydrogen (secondary N) is 1. The second-order valence-electron chi connectivity index (χ2n) is 4.08. The maximum absolute atomic E-state index is 12.8. The summed E-state index contributed by atoms with van der Waals surface area (Å²) in [4.78, 5) is 11.1. The largest absolute Gasteiger partial charge is 0.462 e. The number of halogens is 2. The van der Waals surface area contributed by atoms with Gasteiger partial charge < -0.3 is 9.84 Å². The molecule has 1 aromatic carbocycles. The first-order valence-electron chi connectivity index (χ1n) is 5.97. The molecule has 0 fully saturated rings. The van der Waals surface area contributed by atoms with Crippen LogP contribution in [0.15, 0.2) is 29.2 Å².